The Labute approximate surface area is 112 Å². The molecule has 2 heterocycles. The van der Waals surface area contributed by atoms with Gasteiger partial charge in [-0.2, -0.15) is 10.2 Å². The van der Waals surface area contributed by atoms with Crippen molar-refractivity contribution in [1.29, 1.82) is 0 Å². The summed E-state index contributed by atoms with van der Waals surface area (Å²) in [6.45, 7) is 2.89. The number of aromatic nitrogens is 2. The monoisotopic (exact) mass is 265 g/mol. The van der Waals surface area contributed by atoms with Gasteiger partial charge in [0.25, 0.3) is 5.91 Å². The molecule has 2 atom stereocenters. The van der Waals surface area contributed by atoms with Crippen molar-refractivity contribution < 1.29 is 14.3 Å². The van der Waals surface area contributed by atoms with Gasteiger partial charge in [-0.1, -0.05) is 0 Å². The van der Waals surface area contributed by atoms with Crippen molar-refractivity contribution >= 4 is 5.91 Å². The summed E-state index contributed by atoms with van der Waals surface area (Å²) in [7, 11) is 3.31. The highest BCUT2D eigenvalue weighted by atomic mass is 16.5. The van der Waals surface area contributed by atoms with Crippen LogP contribution in [0.2, 0.25) is 0 Å². The summed E-state index contributed by atoms with van der Waals surface area (Å²) in [6, 6.07) is 1.75. The first-order valence-electron chi connectivity index (χ1n) is 6.28. The lowest BCUT2D eigenvalue weighted by molar-refractivity contribution is 0.0611. The lowest BCUT2D eigenvalue weighted by Crippen LogP contribution is -2.38. The number of carbonyl (C=O) groups excluding carboxylic acids is 1. The van der Waals surface area contributed by atoms with Crippen LogP contribution < -0.4 is 0 Å². The smallest absolute Gasteiger partial charge is 0.256 e. The molecule has 1 aromatic rings. The Morgan fingerprint density at radius 3 is 2.95 bits per heavy atom. The summed E-state index contributed by atoms with van der Waals surface area (Å²) in [4.78, 5) is 14.4. The SMILES string of the molecule is COC[C@@H]1C[C@H](OC)CN1C(=O)c1ccnnc1C. The molecule has 19 heavy (non-hydrogen) atoms. The highest BCUT2D eigenvalue weighted by molar-refractivity contribution is 5.95. The molecule has 1 saturated heterocycles. The number of hydrogen-bond donors (Lipinski definition) is 0. The standard InChI is InChI=1S/C13H19N3O3/c1-9-12(4-5-14-15-9)13(17)16-7-11(19-3)6-10(16)8-18-2/h4-5,10-11H,6-8H2,1-3H3/t10-,11-/m0/s1. The number of aryl methyl sites for hydroxylation is 1. The van der Waals surface area contributed by atoms with E-state index < -0.39 is 0 Å². The van der Waals surface area contributed by atoms with E-state index in [1.54, 1.807) is 27.2 Å². The van der Waals surface area contributed by atoms with Crippen molar-refractivity contribution in [3.8, 4) is 0 Å². The van der Waals surface area contributed by atoms with Crippen molar-refractivity contribution in [3.05, 3.63) is 23.5 Å². The van der Waals surface area contributed by atoms with E-state index in [-0.39, 0.29) is 18.1 Å². The normalized spacial score (nSPS) is 22.8. The highest BCUT2D eigenvalue weighted by Crippen LogP contribution is 2.23. The second-order valence-corrected chi connectivity index (χ2v) is 4.69. The van der Waals surface area contributed by atoms with Crippen molar-refractivity contribution in [2.24, 2.45) is 0 Å². The first kappa shape index (κ1) is 13.9. The summed E-state index contributed by atoms with van der Waals surface area (Å²) in [6.07, 6.45) is 2.41. The molecule has 104 valence electrons. The van der Waals surface area contributed by atoms with Gasteiger partial charge in [0.15, 0.2) is 0 Å². The minimum atomic E-state index is -0.0333. The minimum absolute atomic E-state index is 0.0333. The van der Waals surface area contributed by atoms with Crippen LogP contribution in [0.1, 0.15) is 22.5 Å². The third-order valence-corrected chi connectivity index (χ3v) is 3.47. The van der Waals surface area contributed by atoms with Crippen molar-refractivity contribution in [3.63, 3.8) is 0 Å². The molecule has 1 fully saturated rings. The van der Waals surface area contributed by atoms with E-state index in [1.807, 2.05) is 4.90 Å². The zero-order valence-electron chi connectivity index (χ0n) is 11.5. The van der Waals surface area contributed by atoms with E-state index in [0.29, 0.717) is 24.4 Å². The Bertz CT molecular complexity index is 453. The summed E-state index contributed by atoms with van der Waals surface area (Å²) >= 11 is 0. The number of nitrogens with zero attached hydrogens (tertiary/aromatic N) is 3. The second kappa shape index (κ2) is 6.08. The summed E-state index contributed by atoms with van der Waals surface area (Å²) < 4.78 is 10.5. The Morgan fingerprint density at radius 1 is 1.53 bits per heavy atom. The molecular formula is C13H19N3O3. The lowest BCUT2D eigenvalue weighted by atomic mass is 10.1. The second-order valence-electron chi connectivity index (χ2n) is 4.69. The lowest BCUT2D eigenvalue weighted by Gasteiger charge is -2.24. The summed E-state index contributed by atoms with van der Waals surface area (Å²) in [5.41, 5.74) is 1.23. The van der Waals surface area contributed by atoms with E-state index in [1.165, 1.54) is 6.20 Å². The van der Waals surface area contributed by atoms with Gasteiger partial charge in [-0.05, 0) is 19.4 Å². The van der Waals surface area contributed by atoms with Crippen molar-refractivity contribution in [1.82, 2.24) is 15.1 Å². The van der Waals surface area contributed by atoms with Gasteiger partial charge in [0.1, 0.15) is 0 Å². The molecule has 0 aliphatic carbocycles. The molecule has 2 rings (SSSR count). The maximum Gasteiger partial charge on any atom is 0.256 e. The van der Waals surface area contributed by atoms with Crippen LogP contribution in [0.25, 0.3) is 0 Å². The van der Waals surface area contributed by atoms with Gasteiger partial charge in [0.05, 0.1) is 36.2 Å². The maximum atomic E-state index is 12.6. The Hall–Kier alpha value is -1.53. The van der Waals surface area contributed by atoms with E-state index >= 15 is 0 Å². The number of hydrogen-bond acceptors (Lipinski definition) is 5. The molecular weight excluding hydrogens is 246 g/mol. The van der Waals surface area contributed by atoms with Crippen LogP contribution >= 0.6 is 0 Å². The van der Waals surface area contributed by atoms with Gasteiger partial charge in [-0.15, -0.1) is 0 Å². The predicted molar refractivity (Wildman–Crippen MR) is 68.9 cm³/mol. The highest BCUT2D eigenvalue weighted by Gasteiger charge is 2.36. The molecule has 1 aliphatic rings. The van der Waals surface area contributed by atoms with E-state index in [4.69, 9.17) is 9.47 Å². The molecule has 1 aliphatic heterocycles. The zero-order valence-corrected chi connectivity index (χ0v) is 11.5. The number of rotatable bonds is 4. The first-order chi connectivity index (χ1) is 9.17. The Kier molecular flexibility index (Phi) is 4.44. The Morgan fingerprint density at radius 2 is 2.32 bits per heavy atom. The van der Waals surface area contributed by atoms with E-state index in [2.05, 4.69) is 10.2 Å². The first-order valence-corrected chi connectivity index (χ1v) is 6.28. The molecule has 0 spiro atoms. The van der Waals surface area contributed by atoms with Crippen LogP contribution in [0.3, 0.4) is 0 Å². The van der Waals surface area contributed by atoms with Gasteiger partial charge in [0.2, 0.25) is 0 Å². The number of amides is 1. The third kappa shape index (κ3) is 2.90. The average molecular weight is 265 g/mol. The number of likely N-dealkylation sites (tertiary alicyclic amines) is 1. The van der Waals surface area contributed by atoms with Gasteiger partial charge < -0.3 is 14.4 Å². The van der Waals surface area contributed by atoms with Crippen LogP contribution in [0.5, 0.6) is 0 Å². The maximum absolute atomic E-state index is 12.6. The van der Waals surface area contributed by atoms with E-state index in [9.17, 15) is 4.79 Å². The molecule has 1 amide bonds. The topological polar surface area (TPSA) is 64.6 Å². The number of ether oxygens (including phenoxy) is 2. The summed E-state index contributed by atoms with van der Waals surface area (Å²) in [5.74, 6) is -0.0333. The molecule has 0 bridgehead atoms. The van der Waals surface area contributed by atoms with Gasteiger partial charge >= 0.3 is 0 Å². The Balaban J connectivity index is 2.19. The fraction of sp³-hybridized carbons (Fsp3) is 0.615. The molecule has 6 heteroatoms. The van der Waals surface area contributed by atoms with Crippen LogP contribution in [-0.4, -0.2) is 60.5 Å². The van der Waals surface area contributed by atoms with Crippen molar-refractivity contribution in [2.45, 2.75) is 25.5 Å². The molecule has 0 unspecified atom stereocenters. The van der Waals surface area contributed by atoms with Crippen LogP contribution in [-0.2, 0) is 9.47 Å². The van der Waals surface area contributed by atoms with Gasteiger partial charge in [-0.3, -0.25) is 4.79 Å². The minimum Gasteiger partial charge on any atom is -0.383 e. The van der Waals surface area contributed by atoms with Crippen LogP contribution in [0.4, 0.5) is 0 Å². The van der Waals surface area contributed by atoms with Gasteiger partial charge in [0, 0.05) is 20.8 Å². The molecule has 0 N–H and O–H groups in total. The largest absolute Gasteiger partial charge is 0.383 e. The number of methoxy groups -OCH3 is 2. The molecule has 1 aromatic heterocycles. The molecule has 0 radical (unpaired) electrons. The van der Waals surface area contributed by atoms with Crippen molar-refractivity contribution in [2.75, 3.05) is 27.4 Å². The fourth-order valence-corrected chi connectivity index (χ4v) is 2.43. The number of carbonyl (C=O) groups is 1. The zero-order chi connectivity index (χ0) is 13.8. The van der Waals surface area contributed by atoms with Crippen LogP contribution in [0, 0.1) is 6.92 Å². The van der Waals surface area contributed by atoms with E-state index in [0.717, 1.165) is 6.42 Å². The molecule has 0 aromatic carbocycles. The van der Waals surface area contributed by atoms with Gasteiger partial charge in [-0.25, -0.2) is 0 Å². The summed E-state index contributed by atoms with van der Waals surface area (Å²) in [5, 5.41) is 7.69. The predicted octanol–water partition coefficient (Wildman–Crippen LogP) is 0.661. The third-order valence-electron chi connectivity index (χ3n) is 3.47. The quantitative estimate of drug-likeness (QED) is 0.800. The van der Waals surface area contributed by atoms with Crippen LogP contribution in [0.15, 0.2) is 12.3 Å². The molecule has 6 nitrogen and oxygen atoms in total. The molecule has 0 saturated carbocycles. The average Bonchev–Trinajstić information content (AvgIpc) is 2.82. The fourth-order valence-electron chi connectivity index (χ4n) is 2.43.